The summed E-state index contributed by atoms with van der Waals surface area (Å²) in [6, 6.07) is 0. The Bertz CT molecular complexity index is 338. The minimum absolute atomic E-state index is 0.0329. The molecule has 0 aliphatic carbocycles. The van der Waals surface area contributed by atoms with Crippen molar-refractivity contribution in [3.05, 3.63) is 0 Å². The molecule has 0 fully saturated rings. The molecule has 15 heavy (non-hydrogen) atoms. The molecular weight excluding hydrogens is 240 g/mol. The normalized spacial score (nSPS) is 13.3. The van der Waals surface area contributed by atoms with E-state index in [0.717, 1.165) is 12.5 Å². The van der Waals surface area contributed by atoms with Gasteiger partial charge in [-0.3, -0.25) is 0 Å². The van der Waals surface area contributed by atoms with Crippen LogP contribution in [-0.4, -0.2) is 42.4 Å². The van der Waals surface area contributed by atoms with Crippen molar-refractivity contribution in [1.82, 2.24) is 9.44 Å². The molecule has 0 heterocycles. The van der Waals surface area contributed by atoms with Crippen molar-refractivity contribution >= 4 is 20.0 Å². The van der Waals surface area contributed by atoms with Gasteiger partial charge < -0.3 is 0 Å². The van der Waals surface area contributed by atoms with Gasteiger partial charge in [0.05, 0.1) is 12.5 Å². The number of hydrogen-bond acceptors (Lipinski definition) is 4. The summed E-state index contributed by atoms with van der Waals surface area (Å²) in [5.41, 5.74) is 0. The molecule has 0 amide bonds. The summed E-state index contributed by atoms with van der Waals surface area (Å²) in [5.74, 6) is -0.0329. The number of nitrogens with one attached hydrogen (secondary N) is 2. The molecule has 0 aliphatic heterocycles. The van der Waals surface area contributed by atoms with Crippen LogP contribution < -0.4 is 9.44 Å². The van der Waals surface area contributed by atoms with Crippen LogP contribution in [0.15, 0.2) is 0 Å². The SMILES string of the molecule is CCC(CNS(C)(=O)=O)CNS(C)(=O)=O. The fourth-order valence-electron chi connectivity index (χ4n) is 0.899. The summed E-state index contributed by atoms with van der Waals surface area (Å²) in [5, 5.41) is 0. The third-order valence-corrected chi connectivity index (χ3v) is 3.23. The van der Waals surface area contributed by atoms with Gasteiger partial charge in [-0.15, -0.1) is 0 Å². The van der Waals surface area contributed by atoms with Gasteiger partial charge in [0.25, 0.3) is 0 Å². The second kappa shape index (κ2) is 5.78. The molecule has 0 aliphatic rings. The predicted octanol–water partition coefficient (Wildman–Crippen LogP) is -0.889. The maximum Gasteiger partial charge on any atom is 0.208 e. The average molecular weight is 258 g/mol. The first-order valence-electron chi connectivity index (χ1n) is 4.53. The highest BCUT2D eigenvalue weighted by atomic mass is 32.2. The average Bonchev–Trinajstić information content (AvgIpc) is 2.00. The Hall–Kier alpha value is -0.180. The molecular formula is C7H18N2O4S2. The summed E-state index contributed by atoms with van der Waals surface area (Å²) < 4.78 is 47.9. The fraction of sp³-hybridized carbons (Fsp3) is 1.00. The molecule has 0 unspecified atom stereocenters. The molecule has 0 radical (unpaired) electrons. The van der Waals surface area contributed by atoms with Crippen LogP contribution >= 0.6 is 0 Å². The molecule has 0 aromatic rings. The largest absolute Gasteiger partial charge is 0.215 e. The lowest BCUT2D eigenvalue weighted by Crippen LogP contribution is -2.35. The van der Waals surface area contributed by atoms with E-state index in [4.69, 9.17) is 0 Å². The molecule has 0 aromatic carbocycles. The zero-order valence-corrected chi connectivity index (χ0v) is 10.8. The highest BCUT2D eigenvalue weighted by Gasteiger charge is 2.11. The monoisotopic (exact) mass is 258 g/mol. The molecule has 8 heteroatoms. The molecule has 0 aromatic heterocycles. The van der Waals surface area contributed by atoms with E-state index >= 15 is 0 Å². The van der Waals surface area contributed by atoms with Crippen molar-refractivity contribution < 1.29 is 16.8 Å². The standard InChI is InChI=1S/C7H18N2O4S2/c1-4-7(5-8-14(2,10)11)6-9-15(3,12)13/h7-9H,4-6H2,1-3H3. The van der Waals surface area contributed by atoms with E-state index in [1.165, 1.54) is 0 Å². The van der Waals surface area contributed by atoms with Gasteiger partial charge in [-0.25, -0.2) is 26.3 Å². The van der Waals surface area contributed by atoms with Gasteiger partial charge in [-0.2, -0.15) is 0 Å². The summed E-state index contributed by atoms with van der Waals surface area (Å²) in [7, 11) is -6.42. The van der Waals surface area contributed by atoms with Crippen molar-refractivity contribution in [2.75, 3.05) is 25.6 Å². The van der Waals surface area contributed by atoms with Crippen molar-refractivity contribution in [2.45, 2.75) is 13.3 Å². The number of sulfonamides is 2. The maximum absolute atomic E-state index is 10.8. The van der Waals surface area contributed by atoms with Crippen molar-refractivity contribution in [1.29, 1.82) is 0 Å². The Balaban J connectivity index is 4.05. The van der Waals surface area contributed by atoms with Crippen LogP contribution in [0.2, 0.25) is 0 Å². The van der Waals surface area contributed by atoms with Gasteiger partial charge >= 0.3 is 0 Å². The molecule has 6 nitrogen and oxygen atoms in total. The quantitative estimate of drug-likeness (QED) is 0.619. The van der Waals surface area contributed by atoms with Gasteiger partial charge in [0.15, 0.2) is 0 Å². The smallest absolute Gasteiger partial charge is 0.208 e. The number of rotatable bonds is 7. The molecule has 0 atom stereocenters. The lowest BCUT2D eigenvalue weighted by atomic mass is 10.1. The van der Waals surface area contributed by atoms with Gasteiger partial charge in [0.1, 0.15) is 0 Å². The number of hydrogen-bond donors (Lipinski definition) is 2. The highest BCUT2D eigenvalue weighted by molar-refractivity contribution is 7.89. The Morgan fingerprint density at radius 3 is 1.47 bits per heavy atom. The van der Waals surface area contributed by atoms with E-state index in [-0.39, 0.29) is 19.0 Å². The Morgan fingerprint density at radius 1 is 0.933 bits per heavy atom. The minimum atomic E-state index is -3.21. The summed E-state index contributed by atoms with van der Waals surface area (Å²) in [4.78, 5) is 0. The van der Waals surface area contributed by atoms with Gasteiger partial charge in [-0.1, -0.05) is 13.3 Å². The van der Waals surface area contributed by atoms with E-state index in [0.29, 0.717) is 6.42 Å². The van der Waals surface area contributed by atoms with E-state index in [1.807, 2.05) is 6.92 Å². The summed E-state index contributed by atoms with van der Waals surface area (Å²) in [6.07, 6.45) is 2.85. The molecule has 0 bridgehead atoms. The van der Waals surface area contributed by atoms with Crippen LogP contribution in [0.1, 0.15) is 13.3 Å². The van der Waals surface area contributed by atoms with E-state index in [1.54, 1.807) is 0 Å². The highest BCUT2D eigenvalue weighted by Crippen LogP contribution is 2.00. The van der Waals surface area contributed by atoms with Crippen molar-refractivity contribution in [2.24, 2.45) is 5.92 Å². The maximum atomic E-state index is 10.8. The third-order valence-electron chi connectivity index (χ3n) is 1.85. The molecule has 92 valence electrons. The van der Waals surface area contributed by atoms with Crippen LogP contribution in [0.3, 0.4) is 0 Å². The molecule has 0 saturated heterocycles. The van der Waals surface area contributed by atoms with Crippen LogP contribution in [-0.2, 0) is 20.0 Å². The fourth-order valence-corrected chi connectivity index (χ4v) is 1.98. The van der Waals surface area contributed by atoms with Crippen LogP contribution in [0.4, 0.5) is 0 Å². The summed E-state index contributed by atoms with van der Waals surface area (Å²) in [6.45, 7) is 2.37. The predicted molar refractivity (Wildman–Crippen MR) is 59.5 cm³/mol. The first-order valence-corrected chi connectivity index (χ1v) is 8.31. The zero-order valence-electron chi connectivity index (χ0n) is 9.15. The third kappa shape index (κ3) is 10.1. The topological polar surface area (TPSA) is 92.3 Å². The Labute approximate surface area is 91.6 Å². The Kier molecular flexibility index (Phi) is 5.71. The van der Waals surface area contributed by atoms with E-state index in [9.17, 15) is 16.8 Å². The van der Waals surface area contributed by atoms with Crippen molar-refractivity contribution in [3.63, 3.8) is 0 Å². The van der Waals surface area contributed by atoms with Crippen LogP contribution in [0.5, 0.6) is 0 Å². The van der Waals surface area contributed by atoms with Crippen molar-refractivity contribution in [3.8, 4) is 0 Å². The summed E-state index contributed by atoms with van der Waals surface area (Å²) >= 11 is 0. The minimum Gasteiger partial charge on any atom is -0.215 e. The van der Waals surface area contributed by atoms with Gasteiger partial charge in [0, 0.05) is 13.1 Å². The Morgan fingerprint density at radius 2 is 1.27 bits per heavy atom. The first-order chi connectivity index (χ1) is 6.64. The zero-order chi connectivity index (χ0) is 12.1. The molecule has 2 N–H and O–H groups in total. The van der Waals surface area contributed by atoms with Gasteiger partial charge in [0.2, 0.25) is 20.0 Å². The van der Waals surface area contributed by atoms with Crippen LogP contribution in [0, 0.1) is 5.92 Å². The second-order valence-corrected chi connectivity index (χ2v) is 7.18. The van der Waals surface area contributed by atoms with Gasteiger partial charge in [-0.05, 0) is 5.92 Å². The second-order valence-electron chi connectivity index (χ2n) is 3.52. The van der Waals surface area contributed by atoms with E-state index in [2.05, 4.69) is 9.44 Å². The molecule has 0 spiro atoms. The van der Waals surface area contributed by atoms with E-state index < -0.39 is 20.0 Å². The molecule has 0 saturated carbocycles. The van der Waals surface area contributed by atoms with Crippen LogP contribution in [0.25, 0.3) is 0 Å². The lowest BCUT2D eigenvalue weighted by molar-refractivity contribution is 0.482. The lowest BCUT2D eigenvalue weighted by Gasteiger charge is -2.14. The first kappa shape index (κ1) is 14.8. The molecule has 0 rings (SSSR count).